The van der Waals surface area contributed by atoms with Crippen LogP contribution in [0.3, 0.4) is 0 Å². The molecule has 2 aliphatic carbocycles. The molecule has 0 N–H and O–H groups in total. The second kappa shape index (κ2) is 27.7. The van der Waals surface area contributed by atoms with Crippen LogP contribution in [-0.2, 0) is 10.8 Å². The molecule has 0 radical (unpaired) electrons. The van der Waals surface area contributed by atoms with Crippen LogP contribution < -0.4 is 0 Å². The summed E-state index contributed by atoms with van der Waals surface area (Å²) in [7, 11) is 0. The molecule has 3 aromatic carbocycles. The van der Waals surface area contributed by atoms with Gasteiger partial charge in [-0.1, -0.05) is 233 Å². The highest BCUT2D eigenvalue weighted by Crippen LogP contribution is 2.63. The minimum absolute atomic E-state index is 0.109. The molecule has 7 rings (SSSR count). The molecule has 374 valence electrons. The topological polar surface area (TPSA) is 77.8 Å². The molecule has 0 unspecified atom stereocenters. The van der Waals surface area contributed by atoms with Crippen LogP contribution in [-0.4, -0.2) is 20.6 Å². The van der Waals surface area contributed by atoms with Gasteiger partial charge in [-0.25, -0.2) is 9.26 Å². The fraction of sp³-hybridized carbons (Fsp3) is 0.700. The number of nitrogens with zero attached hydrogens (tertiary/aromatic N) is 4. The van der Waals surface area contributed by atoms with E-state index in [-0.39, 0.29) is 10.8 Å². The number of aromatic nitrogens is 4. The molecule has 2 aliphatic rings. The first-order valence-corrected chi connectivity index (χ1v) is 30.7. The second-order valence-corrected chi connectivity index (χ2v) is 23.8. The lowest BCUT2D eigenvalue weighted by Gasteiger charge is -2.35. The van der Waals surface area contributed by atoms with E-state index in [2.05, 4.69) is 107 Å². The van der Waals surface area contributed by atoms with Crippen LogP contribution in [0.15, 0.2) is 33.5 Å². The SMILES string of the molecule is CCCCCCCCCCC1(CCCCCCCCCC)c2cc3c(cc2-c2c1cc(I)c1nonc21)C(CCCCCCCCCC)(CCCCCCCCCC)c1cc(I)c2nonc2c1-3. The summed E-state index contributed by atoms with van der Waals surface area (Å²) in [6.07, 6.45) is 47.1. The van der Waals surface area contributed by atoms with Gasteiger partial charge in [-0.2, -0.15) is 0 Å². The van der Waals surface area contributed by atoms with Gasteiger partial charge in [-0.15, -0.1) is 0 Å². The summed E-state index contributed by atoms with van der Waals surface area (Å²) >= 11 is 5.04. The van der Waals surface area contributed by atoms with Crippen molar-refractivity contribution in [2.45, 2.75) is 270 Å². The number of halogens is 2. The smallest absolute Gasteiger partial charge is 0.149 e. The third kappa shape index (κ3) is 12.6. The molecule has 0 saturated heterocycles. The van der Waals surface area contributed by atoms with Crippen molar-refractivity contribution < 1.29 is 9.26 Å². The molecule has 8 heteroatoms. The molecular formula is C60H88I2N4O2. The molecule has 0 spiro atoms. The van der Waals surface area contributed by atoms with E-state index < -0.39 is 0 Å². The summed E-state index contributed by atoms with van der Waals surface area (Å²) in [6.45, 7) is 9.28. The fourth-order valence-corrected chi connectivity index (χ4v) is 14.1. The minimum Gasteiger partial charge on any atom is -0.243 e. The predicted octanol–water partition coefficient (Wildman–Crippen LogP) is 20.6. The Morgan fingerprint density at radius 2 is 0.574 bits per heavy atom. The van der Waals surface area contributed by atoms with Crippen molar-refractivity contribution in [2.75, 3.05) is 0 Å². The lowest BCUT2D eigenvalue weighted by atomic mass is 9.68. The first-order valence-electron chi connectivity index (χ1n) is 28.6. The molecule has 2 heterocycles. The van der Waals surface area contributed by atoms with Crippen molar-refractivity contribution in [1.29, 1.82) is 0 Å². The van der Waals surface area contributed by atoms with Gasteiger partial charge in [0.1, 0.15) is 22.1 Å². The Balaban J connectivity index is 1.33. The van der Waals surface area contributed by atoms with Gasteiger partial charge in [0.05, 0.1) is 0 Å². The molecule has 2 aromatic heterocycles. The molecule has 0 saturated carbocycles. The Kier molecular flexibility index (Phi) is 21.9. The van der Waals surface area contributed by atoms with E-state index in [0.29, 0.717) is 0 Å². The molecule has 0 atom stereocenters. The van der Waals surface area contributed by atoms with Gasteiger partial charge in [0.15, 0.2) is 0 Å². The van der Waals surface area contributed by atoms with Gasteiger partial charge in [0, 0.05) is 29.1 Å². The van der Waals surface area contributed by atoms with Crippen LogP contribution in [0.25, 0.3) is 44.3 Å². The van der Waals surface area contributed by atoms with Crippen LogP contribution in [0.4, 0.5) is 0 Å². The molecule has 6 nitrogen and oxygen atoms in total. The van der Waals surface area contributed by atoms with E-state index in [4.69, 9.17) is 19.6 Å². The van der Waals surface area contributed by atoms with Crippen molar-refractivity contribution in [2.24, 2.45) is 0 Å². The molecule has 0 bridgehead atoms. The minimum atomic E-state index is -0.109. The number of hydrogen-bond donors (Lipinski definition) is 0. The molecule has 0 aliphatic heterocycles. The Hall–Kier alpha value is -2.08. The highest BCUT2D eigenvalue weighted by molar-refractivity contribution is 14.1. The quantitative estimate of drug-likeness (QED) is 0.0294. The van der Waals surface area contributed by atoms with Crippen LogP contribution in [0.1, 0.15) is 281 Å². The zero-order chi connectivity index (χ0) is 47.6. The first kappa shape index (κ1) is 53.7. The van der Waals surface area contributed by atoms with Crippen LogP contribution in [0.5, 0.6) is 0 Å². The molecule has 0 fully saturated rings. The average Bonchev–Trinajstić information content (AvgIpc) is 4.14. The maximum Gasteiger partial charge on any atom is 0.149 e. The maximum atomic E-state index is 5.68. The van der Waals surface area contributed by atoms with E-state index >= 15 is 0 Å². The van der Waals surface area contributed by atoms with E-state index in [1.165, 1.54) is 250 Å². The Morgan fingerprint density at radius 3 is 0.853 bits per heavy atom. The molecular weight excluding hydrogens is 1060 g/mol. The number of hydrogen-bond acceptors (Lipinski definition) is 6. The van der Waals surface area contributed by atoms with Crippen LogP contribution in [0, 0.1) is 7.14 Å². The number of unbranched alkanes of at least 4 members (excludes halogenated alkanes) is 28. The van der Waals surface area contributed by atoms with Crippen molar-refractivity contribution >= 4 is 67.2 Å². The first-order chi connectivity index (χ1) is 33.5. The van der Waals surface area contributed by atoms with Crippen LogP contribution >= 0.6 is 45.2 Å². The highest BCUT2D eigenvalue weighted by atomic mass is 127. The lowest BCUT2D eigenvalue weighted by molar-refractivity contribution is 0.315. The second-order valence-electron chi connectivity index (χ2n) is 21.5. The van der Waals surface area contributed by atoms with E-state index in [1.54, 1.807) is 0 Å². The molecule has 68 heavy (non-hydrogen) atoms. The fourth-order valence-electron chi connectivity index (χ4n) is 12.8. The Morgan fingerprint density at radius 1 is 0.324 bits per heavy atom. The summed E-state index contributed by atoms with van der Waals surface area (Å²) in [5.74, 6) is 0. The third-order valence-electron chi connectivity index (χ3n) is 16.6. The summed E-state index contributed by atoms with van der Waals surface area (Å²) in [6, 6.07) is 10.4. The summed E-state index contributed by atoms with van der Waals surface area (Å²) < 4.78 is 13.7. The van der Waals surface area contributed by atoms with E-state index in [1.807, 2.05) is 0 Å². The van der Waals surface area contributed by atoms with Gasteiger partial charge in [0.2, 0.25) is 0 Å². The monoisotopic (exact) mass is 1150 g/mol. The van der Waals surface area contributed by atoms with Crippen molar-refractivity contribution in [3.8, 4) is 22.3 Å². The average molecular weight is 1150 g/mol. The normalized spacial score (nSPS) is 14.3. The Bertz CT molecular complexity index is 2090. The third-order valence-corrected chi connectivity index (χ3v) is 18.2. The van der Waals surface area contributed by atoms with Gasteiger partial charge in [-0.3, -0.25) is 0 Å². The van der Waals surface area contributed by atoms with Gasteiger partial charge in [-0.05, 0) is 149 Å². The van der Waals surface area contributed by atoms with E-state index in [0.717, 1.165) is 54.9 Å². The van der Waals surface area contributed by atoms with Gasteiger partial charge >= 0.3 is 0 Å². The Labute approximate surface area is 439 Å². The van der Waals surface area contributed by atoms with Crippen molar-refractivity contribution in [1.82, 2.24) is 20.6 Å². The number of fused-ring (bicyclic) bond motifs is 10. The zero-order valence-electron chi connectivity index (χ0n) is 43.1. The molecule has 0 amide bonds. The summed E-state index contributed by atoms with van der Waals surface area (Å²) in [5.41, 5.74) is 14.8. The lowest BCUT2D eigenvalue weighted by Crippen LogP contribution is -2.27. The molecule has 5 aromatic rings. The predicted molar refractivity (Wildman–Crippen MR) is 304 cm³/mol. The zero-order valence-corrected chi connectivity index (χ0v) is 47.4. The van der Waals surface area contributed by atoms with E-state index in [9.17, 15) is 0 Å². The number of rotatable bonds is 36. The standard InChI is InChI=1S/C60H88I2N4O2/c1-5-9-13-17-21-25-29-33-37-59(38-34-30-26-22-18-14-10-6-2)47-41-46-48(42-45(47)53-49(59)43-51(61)55-57(53)65-67-63-55)60(39-35-31-27-23-19-15-11-7-3,40-36-32-28-24-20-16-12-8-4)50-44-52(62)56-58(54(46)50)66-68-64-56/h41-44H,5-40H2,1-4H3. The largest absolute Gasteiger partial charge is 0.243 e. The summed E-state index contributed by atoms with van der Waals surface area (Å²) in [4.78, 5) is 0. The van der Waals surface area contributed by atoms with Gasteiger partial charge < -0.3 is 0 Å². The van der Waals surface area contributed by atoms with Gasteiger partial charge in [0.25, 0.3) is 0 Å². The highest BCUT2D eigenvalue weighted by Gasteiger charge is 2.50. The van der Waals surface area contributed by atoms with Crippen molar-refractivity contribution in [3.05, 3.63) is 53.7 Å². The number of benzene rings is 3. The summed E-state index contributed by atoms with van der Waals surface area (Å²) in [5, 5.41) is 18.7. The van der Waals surface area contributed by atoms with Crippen LogP contribution in [0.2, 0.25) is 0 Å². The van der Waals surface area contributed by atoms with Crippen molar-refractivity contribution in [3.63, 3.8) is 0 Å². The maximum absolute atomic E-state index is 5.68.